The number of rotatable bonds is 7. The number of aryl methyl sites for hydroxylation is 2. The summed E-state index contributed by atoms with van der Waals surface area (Å²) in [7, 11) is 0. The third-order valence-electron chi connectivity index (χ3n) is 2.87. The van der Waals surface area contributed by atoms with Crippen LogP contribution in [0.4, 0.5) is 0 Å². The first-order valence-corrected chi connectivity index (χ1v) is 7.10. The summed E-state index contributed by atoms with van der Waals surface area (Å²) >= 11 is 1.99. The van der Waals surface area contributed by atoms with E-state index in [1.165, 1.54) is 24.1 Å². The first-order valence-electron chi connectivity index (χ1n) is 6.29. The van der Waals surface area contributed by atoms with E-state index in [0.717, 1.165) is 32.7 Å². The molecule has 0 fully saturated rings. The molecule has 0 amide bonds. The van der Waals surface area contributed by atoms with E-state index >= 15 is 0 Å². The normalized spacial score (nSPS) is 14.3. The van der Waals surface area contributed by atoms with Crippen molar-refractivity contribution in [3.8, 4) is 0 Å². The molecule has 3 heteroatoms. The molecule has 0 spiro atoms. The summed E-state index contributed by atoms with van der Waals surface area (Å²) < 4.78 is 5.42. The summed E-state index contributed by atoms with van der Waals surface area (Å²) in [6.07, 6.45) is 5.07. The van der Waals surface area contributed by atoms with Gasteiger partial charge in [0.2, 0.25) is 0 Å². The van der Waals surface area contributed by atoms with Gasteiger partial charge in [0.25, 0.3) is 0 Å². The minimum atomic E-state index is 0.832. The molecule has 0 aromatic carbocycles. The molecule has 1 aromatic heterocycles. The summed E-state index contributed by atoms with van der Waals surface area (Å²) in [6.45, 7) is 5.82. The van der Waals surface area contributed by atoms with Gasteiger partial charge < -0.3 is 10.1 Å². The highest BCUT2D eigenvalue weighted by Crippen LogP contribution is 2.30. The predicted molar refractivity (Wildman–Crippen MR) is 69.2 cm³/mol. The zero-order chi connectivity index (χ0) is 11.2. The molecule has 0 bridgehead atoms. The molecule has 2 nitrogen and oxygen atoms in total. The van der Waals surface area contributed by atoms with Crippen LogP contribution in [0.3, 0.4) is 0 Å². The third-order valence-corrected chi connectivity index (χ3v) is 4.11. The van der Waals surface area contributed by atoms with Crippen LogP contribution in [0, 0.1) is 0 Å². The minimum Gasteiger partial charge on any atom is -0.380 e. The Morgan fingerprint density at radius 1 is 1.38 bits per heavy atom. The van der Waals surface area contributed by atoms with Crippen molar-refractivity contribution in [2.75, 3.05) is 19.8 Å². The number of ether oxygens (including phenoxy) is 1. The number of nitrogens with one attached hydrogen (secondary N) is 1. The standard InChI is InChI=1S/C13H21NOS/c1-2-7-15-8-6-14-10-12-9-11-4-3-5-13(11)16-12/h9,14H,2-8,10H2,1H3. The van der Waals surface area contributed by atoms with E-state index in [1.807, 2.05) is 11.3 Å². The third kappa shape index (κ3) is 3.30. The Labute approximate surface area is 102 Å². The molecule has 90 valence electrons. The fourth-order valence-corrected chi connectivity index (χ4v) is 3.31. The van der Waals surface area contributed by atoms with Crippen molar-refractivity contribution >= 4 is 11.3 Å². The summed E-state index contributed by atoms with van der Waals surface area (Å²) in [6, 6.07) is 2.38. The molecule has 0 saturated carbocycles. The second-order valence-electron chi connectivity index (χ2n) is 4.30. The summed E-state index contributed by atoms with van der Waals surface area (Å²) in [4.78, 5) is 3.11. The predicted octanol–water partition coefficient (Wildman–Crippen LogP) is 2.75. The van der Waals surface area contributed by atoms with Crippen LogP contribution in [0.1, 0.15) is 35.1 Å². The van der Waals surface area contributed by atoms with Crippen molar-refractivity contribution in [1.82, 2.24) is 5.32 Å². The zero-order valence-corrected chi connectivity index (χ0v) is 10.9. The second kappa shape index (κ2) is 6.38. The Morgan fingerprint density at radius 2 is 2.31 bits per heavy atom. The number of fused-ring (bicyclic) bond motifs is 1. The Kier molecular flexibility index (Phi) is 4.82. The van der Waals surface area contributed by atoms with Crippen molar-refractivity contribution in [3.63, 3.8) is 0 Å². The maximum Gasteiger partial charge on any atom is 0.0591 e. The van der Waals surface area contributed by atoms with Gasteiger partial charge in [0.05, 0.1) is 6.61 Å². The average Bonchev–Trinajstić information content (AvgIpc) is 2.83. The van der Waals surface area contributed by atoms with E-state index in [1.54, 1.807) is 10.4 Å². The highest BCUT2D eigenvalue weighted by molar-refractivity contribution is 7.12. The van der Waals surface area contributed by atoms with Crippen LogP contribution in [-0.4, -0.2) is 19.8 Å². The monoisotopic (exact) mass is 239 g/mol. The summed E-state index contributed by atoms with van der Waals surface area (Å²) in [5, 5.41) is 3.43. The summed E-state index contributed by atoms with van der Waals surface area (Å²) in [5.41, 5.74) is 1.60. The van der Waals surface area contributed by atoms with Gasteiger partial charge in [-0.3, -0.25) is 0 Å². The molecule has 16 heavy (non-hydrogen) atoms. The first kappa shape index (κ1) is 12.1. The number of thiophene rings is 1. The molecular formula is C13H21NOS. The lowest BCUT2D eigenvalue weighted by Gasteiger charge is -2.03. The van der Waals surface area contributed by atoms with E-state index in [2.05, 4.69) is 18.3 Å². The van der Waals surface area contributed by atoms with E-state index in [0.29, 0.717) is 0 Å². The van der Waals surface area contributed by atoms with Gasteiger partial charge in [0.1, 0.15) is 0 Å². The van der Waals surface area contributed by atoms with Crippen LogP contribution in [-0.2, 0) is 24.1 Å². The van der Waals surface area contributed by atoms with Gasteiger partial charge in [-0.1, -0.05) is 6.92 Å². The van der Waals surface area contributed by atoms with Crippen LogP contribution in [0.25, 0.3) is 0 Å². The van der Waals surface area contributed by atoms with Crippen molar-refractivity contribution in [1.29, 1.82) is 0 Å². The molecule has 1 aliphatic rings. The molecule has 1 aliphatic carbocycles. The first-order chi connectivity index (χ1) is 7.90. The van der Waals surface area contributed by atoms with Crippen molar-refractivity contribution in [3.05, 3.63) is 21.4 Å². The smallest absolute Gasteiger partial charge is 0.0591 e. The molecule has 0 aliphatic heterocycles. The fraction of sp³-hybridized carbons (Fsp3) is 0.692. The van der Waals surface area contributed by atoms with Gasteiger partial charge in [-0.25, -0.2) is 0 Å². The minimum absolute atomic E-state index is 0.832. The Bertz CT molecular complexity index is 300. The van der Waals surface area contributed by atoms with Gasteiger partial charge in [-0.2, -0.15) is 0 Å². The molecular weight excluding hydrogens is 218 g/mol. The lowest BCUT2D eigenvalue weighted by molar-refractivity contribution is 0.136. The maximum atomic E-state index is 5.42. The Hall–Kier alpha value is -0.380. The van der Waals surface area contributed by atoms with Gasteiger partial charge in [-0.15, -0.1) is 11.3 Å². The second-order valence-corrected chi connectivity index (χ2v) is 5.53. The van der Waals surface area contributed by atoms with Gasteiger partial charge in [-0.05, 0) is 37.3 Å². The topological polar surface area (TPSA) is 21.3 Å². The van der Waals surface area contributed by atoms with E-state index in [-0.39, 0.29) is 0 Å². The molecule has 0 unspecified atom stereocenters. The Balaban J connectivity index is 1.62. The van der Waals surface area contributed by atoms with Crippen LogP contribution in [0.15, 0.2) is 6.07 Å². The molecule has 2 rings (SSSR count). The maximum absolute atomic E-state index is 5.42. The highest BCUT2D eigenvalue weighted by Gasteiger charge is 2.14. The SMILES string of the molecule is CCCOCCNCc1cc2c(s1)CCC2. The van der Waals surface area contributed by atoms with Gasteiger partial charge >= 0.3 is 0 Å². The van der Waals surface area contributed by atoms with Crippen molar-refractivity contribution in [2.45, 2.75) is 39.2 Å². The lowest BCUT2D eigenvalue weighted by Crippen LogP contribution is -2.18. The number of hydrogen-bond donors (Lipinski definition) is 1. The molecule has 0 saturated heterocycles. The fourth-order valence-electron chi connectivity index (χ4n) is 2.08. The average molecular weight is 239 g/mol. The van der Waals surface area contributed by atoms with Gasteiger partial charge in [0.15, 0.2) is 0 Å². The summed E-state index contributed by atoms with van der Waals surface area (Å²) in [5.74, 6) is 0. The molecule has 0 radical (unpaired) electrons. The van der Waals surface area contributed by atoms with Gasteiger partial charge in [0, 0.05) is 29.5 Å². The quantitative estimate of drug-likeness (QED) is 0.739. The number of hydrogen-bond acceptors (Lipinski definition) is 3. The van der Waals surface area contributed by atoms with Crippen molar-refractivity contribution in [2.24, 2.45) is 0 Å². The zero-order valence-electron chi connectivity index (χ0n) is 10.1. The van der Waals surface area contributed by atoms with Crippen molar-refractivity contribution < 1.29 is 4.74 Å². The lowest BCUT2D eigenvalue weighted by atomic mass is 10.2. The van der Waals surface area contributed by atoms with E-state index in [9.17, 15) is 0 Å². The molecule has 1 N–H and O–H groups in total. The van der Waals surface area contributed by atoms with E-state index < -0.39 is 0 Å². The van der Waals surface area contributed by atoms with Crippen LogP contribution < -0.4 is 5.32 Å². The van der Waals surface area contributed by atoms with Crippen LogP contribution in [0.5, 0.6) is 0 Å². The van der Waals surface area contributed by atoms with E-state index in [4.69, 9.17) is 4.74 Å². The Morgan fingerprint density at radius 3 is 3.12 bits per heavy atom. The largest absolute Gasteiger partial charge is 0.380 e. The molecule has 1 heterocycles. The van der Waals surface area contributed by atoms with Crippen LogP contribution >= 0.6 is 11.3 Å². The molecule has 0 atom stereocenters. The highest BCUT2D eigenvalue weighted by atomic mass is 32.1. The van der Waals surface area contributed by atoms with Crippen LogP contribution in [0.2, 0.25) is 0 Å². The molecule has 1 aromatic rings.